The summed E-state index contributed by atoms with van der Waals surface area (Å²) in [5.41, 5.74) is 1.16. The maximum absolute atomic E-state index is 9.75. The Morgan fingerprint density at radius 1 is 1.11 bits per heavy atom. The molecule has 1 N–H and O–H groups in total. The Morgan fingerprint density at radius 2 is 1.79 bits per heavy atom. The summed E-state index contributed by atoms with van der Waals surface area (Å²) in [6, 6.07) is 5.99. The zero-order valence-electron chi connectivity index (χ0n) is 11.9. The summed E-state index contributed by atoms with van der Waals surface area (Å²) < 4.78 is 10.6. The second kappa shape index (κ2) is 6.80. The number of hydrogen-bond acceptors (Lipinski definition) is 3. The molecule has 3 heteroatoms. The van der Waals surface area contributed by atoms with E-state index in [9.17, 15) is 5.11 Å². The van der Waals surface area contributed by atoms with Crippen molar-refractivity contribution in [2.24, 2.45) is 5.92 Å². The Bertz CT molecular complexity index is 397. The lowest BCUT2D eigenvalue weighted by Crippen LogP contribution is -2.19. The smallest absolute Gasteiger partial charge is 0.160 e. The minimum Gasteiger partial charge on any atom is -0.493 e. The van der Waals surface area contributed by atoms with E-state index in [1.807, 2.05) is 12.1 Å². The SMILES string of the molecule is COc1ccc(C(CO)C2CCCCC2)cc1OC. The first kappa shape index (κ1) is 14.2. The van der Waals surface area contributed by atoms with E-state index in [1.54, 1.807) is 14.2 Å². The average molecular weight is 264 g/mol. The van der Waals surface area contributed by atoms with Gasteiger partial charge in [-0.15, -0.1) is 0 Å². The predicted molar refractivity (Wildman–Crippen MR) is 75.9 cm³/mol. The normalized spacial score (nSPS) is 18.1. The number of aliphatic hydroxyl groups excluding tert-OH is 1. The number of benzene rings is 1. The molecule has 1 unspecified atom stereocenters. The van der Waals surface area contributed by atoms with E-state index in [2.05, 4.69) is 6.07 Å². The Labute approximate surface area is 115 Å². The van der Waals surface area contributed by atoms with E-state index < -0.39 is 0 Å². The summed E-state index contributed by atoms with van der Waals surface area (Å²) in [5, 5.41) is 9.75. The lowest BCUT2D eigenvalue weighted by atomic mass is 9.77. The maximum atomic E-state index is 9.75. The van der Waals surface area contributed by atoms with Crippen molar-refractivity contribution in [1.82, 2.24) is 0 Å². The standard InChI is InChI=1S/C16H24O3/c1-18-15-9-8-13(10-16(15)19-2)14(11-17)12-6-4-3-5-7-12/h8-10,12,14,17H,3-7,11H2,1-2H3. The second-order valence-electron chi connectivity index (χ2n) is 5.30. The van der Waals surface area contributed by atoms with Crippen LogP contribution in [-0.4, -0.2) is 25.9 Å². The molecule has 0 heterocycles. The average Bonchev–Trinajstić information content (AvgIpc) is 2.49. The largest absolute Gasteiger partial charge is 0.493 e. The molecule has 1 fully saturated rings. The van der Waals surface area contributed by atoms with Gasteiger partial charge in [0.2, 0.25) is 0 Å². The van der Waals surface area contributed by atoms with Crippen molar-refractivity contribution in [1.29, 1.82) is 0 Å². The van der Waals surface area contributed by atoms with Crippen LogP contribution in [0.15, 0.2) is 18.2 Å². The first-order chi connectivity index (χ1) is 9.30. The third-order valence-corrected chi connectivity index (χ3v) is 4.25. The number of aliphatic hydroxyl groups is 1. The van der Waals surface area contributed by atoms with Gasteiger partial charge >= 0.3 is 0 Å². The third-order valence-electron chi connectivity index (χ3n) is 4.25. The van der Waals surface area contributed by atoms with Gasteiger partial charge in [0.1, 0.15) is 0 Å². The van der Waals surface area contributed by atoms with Crippen molar-refractivity contribution in [2.75, 3.05) is 20.8 Å². The summed E-state index contributed by atoms with van der Waals surface area (Å²) in [6.45, 7) is 0.208. The predicted octanol–water partition coefficient (Wildman–Crippen LogP) is 3.36. The van der Waals surface area contributed by atoms with Crippen molar-refractivity contribution >= 4 is 0 Å². The first-order valence-electron chi connectivity index (χ1n) is 7.13. The molecule has 2 rings (SSSR count). The molecular formula is C16H24O3. The summed E-state index contributed by atoms with van der Waals surface area (Å²) in [7, 11) is 3.29. The quantitative estimate of drug-likeness (QED) is 0.886. The molecule has 1 atom stereocenters. The Hall–Kier alpha value is -1.22. The lowest BCUT2D eigenvalue weighted by Gasteiger charge is -2.29. The van der Waals surface area contributed by atoms with Gasteiger partial charge in [-0.2, -0.15) is 0 Å². The van der Waals surface area contributed by atoms with Gasteiger partial charge in [0.15, 0.2) is 11.5 Å². The monoisotopic (exact) mass is 264 g/mol. The Morgan fingerprint density at radius 3 is 2.37 bits per heavy atom. The summed E-state index contributed by atoms with van der Waals surface area (Å²) in [4.78, 5) is 0. The summed E-state index contributed by atoms with van der Waals surface area (Å²) in [6.07, 6.45) is 6.35. The van der Waals surface area contributed by atoms with Crippen LogP contribution in [0.25, 0.3) is 0 Å². The molecule has 1 aliphatic carbocycles. The lowest BCUT2D eigenvalue weighted by molar-refractivity contribution is 0.196. The molecular weight excluding hydrogens is 240 g/mol. The van der Waals surface area contributed by atoms with E-state index in [1.165, 1.54) is 32.1 Å². The van der Waals surface area contributed by atoms with Crippen LogP contribution >= 0.6 is 0 Å². The zero-order valence-corrected chi connectivity index (χ0v) is 11.9. The Balaban J connectivity index is 2.22. The van der Waals surface area contributed by atoms with Crippen LogP contribution in [0.4, 0.5) is 0 Å². The molecule has 106 valence electrons. The molecule has 1 aliphatic rings. The van der Waals surface area contributed by atoms with Crippen LogP contribution in [0.5, 0.6) is 11.5 Å². The third kappa shape index (κ3) is 3.21. The highest BCUT2D eigenvalue weighted by Crippen LogP contribution is 2.38. The zero-order chi connectivity index (χ0) is 13.7. The Kier molecular flexibility index (Phi) is 5.08. The number of ether oxygens (including phenoxy) is 2. The molecule has 0 spiro atoms. The minimum absolute atomic E-state index is 0.208. The fourth-order valence-electron chi connectivity index (χ4n) is 3.15. The molecule has 19 heavy (non-hydrogen) atoms. The highest BCUT2D eigenvalue weighted by atomic mass is 16.5. The van der Waals surface area contributed by atoms with Gasteiger partial charge < -0.3 is 14.6 Å². The van der Waals surface area contributed by atoms with Crippen LogP contribution in [0.1, 0.15) is 43.6 Å². The number of methoxy groups -OCH3 is 2. The molecule has 1 saturated carbocycles. The number of rotatable bonds is 5. The van der Waals surface area contributed by atoms with E-state index in [0.29, 0.717) is 5.92 Å². The number of hydrogen-bond donors (Lipinski definition) is 1. The fraction of sp³-hybridized carbons (Fsp3) is 0.625. The molecule has 0 bridgehead atoms. The molecule has 3 nitrogen and oxygen atoms in total. The molecule has 1 aromatic rings. The van der Waals surface area contributed by atoms with Crippen LogP contribution < -0.4 is 9.47 Å². The van der Waals surface area contributed by atoms with Crippen LogP contribution in [-0.2, 0) is 0 Å². The van der Waals surface area contributed by atoms with Crippen molar-refractivity contribution in [3.63, 3.8) is 0 Å². The molecule has 0 aromatic heterocycles. The molecule has 0 aliphatic heterocycles. The molecule has 1 aromatic carbocycles. The van der Waals surface area contributed by atoms with Gasteiger partial charge in [-0.1, -0.05) is 25.3 Å². The van der Waals surface area contributed by atoms with E-state index in [-0.39, 0.29) is 12.5 Å². The van der Waals surface area contributed by atoms with Gasteiger partial charge in [-0.25, -0.2) is 0 Å². The van der Waals surface area contributed by atoms with E-state index in [0.717, 1.165) is 17.1 Å². The topological polar surface area (TPSA) is 38.7 Å². The maximum Gasteiger partial charge on any atom is 0.160 e. The highest BCUT2D eigenvalue weighted by Gasteiger charge is 2.25. The second-order valence-corrected chi connectivity index (χ2v) is 5.30. The van der Waals surface area contributed by atoms with Crippen LogP contribution in [0.3, 0.4) is 0 Å². The fourth-order valence-corrected chi connectivity index (χ4v) is 3.15. The highest BCUT2D eigenvalue weighted by molar-refractivity contribution is 5.44. The van der Waals surface area contributed by atoms with Gasteiger partial charge in [-0.05, 0) is 36.5 Å². The van der Waals surface area contributed by atoms with Gasteiger partial charge in [0, 0.05) is 5.92 Å². The molecule has 0 saturated heterocycles. The summed E-state index contributed by atoms with van der Waals surface area (Å²) in [5.74, 6) is 2.30. The molecule has 0 amide bonds. The minimum atomic E-state index is 0.208. The molecule has 0 radical (unpaired) electrons. The summed E-state index contributed by atoms with van der Waals surface area (Å²) >= 11 is 0. The van der Waals surface area contributed by atoms with Crippen molar-refractivity contribution < 1.29 is 14.6 Å². The van der Waals surface area contributed by atoms with Crippen molar-refractivity contribution in [3.05, 3.63) is 23.8 Å². The van der Waals surface area contributed by atoms with E-state index >= 15 is 0 Å². The van der Waals surface area contributed by atoms with Crippen molar-refractivity contribution in [3.8, 4) is 11.5 Å². The van der Waals surface area contributed by atoms with Crippen LogP contribution in [0.2, 0.25) is 0 Å². The van der Waals surface area contributed by atoms with Gasteiger partial charge in [0.05, 0.1) is 20.8 Å². The van der Waals surface area contributed by atoms with Gasteiger partial charge in [-0.3, -0.25) is 0 Å². The van der Waals surface area contributed by atoms with E-state index in [4.69, 9.17) is 9.47 Å². The first-order valence-corrected chi connectivity index (χ1v) is 7.13. The van der Waals surface area contributed by atoms with Crippen molar-refractivity contribution in [2.45, 2.75) is 38.0 Å². The van der Waals surface area contributed by atoms with Gasteiger partial charge in [0.25, 0.3) is 0 Å². The van der Waals surface area contributed by atoms with Crippen LogP contribution in [0, 0.1) is 5.92 Å².